The first kappa shape index (κ1) is 22.9. The second kappa shape index (κ2) is 10.5. The van der Waals surface area contributed by atoms with Gasteiger partial charge in [-0.15, -0.1) is 10.2 Å². The standard InChI is InChI=1S/C22H23F3N4OS/c1-2-13-29-19(12-11-16-7-4-3-5-8-16)27-28-21(29)31-15-20(30)26-18-10-6-9-17(14-18)22(23,24)25/h3-10,14H,2,11-13,15H2,1H3,(H,26,30). The average Bonchev–Trinajstić information content (AvgIpc) is 3.13. The number of nitrogens with one attached hydrogen (secondary N) is 1. The maximum absolute atomic E-state index is 12.8. The van der Waals surface area contributed by atoms with Gasteiger partial charge in [0.2, 0.25) is 5.91 Å². The molecule has 1 N–H and O–H groups in total. The Morgan fingerprint density at radius 2 is 1.84 bits per heavy atom. The van der Waals surface area contributed by atoms with E-state index in [2.05, 4.69) is 34.6 Å². The maximum Gasteiger partial charge on any atom is 0.416 e. The molecule has 0 radical (unpaired) electrons. The van der Waals surface area contributed by atoms with Crippen molar-refractivity contribution in [3.8, 4) is 0 Å². The van der Waals surface area contributed by atoms with Crippen molar-refractivity contribution in [2.75, 3.05) is 11.1 Å². The van der Waals surface area contributed by atoms with Crippen molar-refractivity contribution >= 4 is 23.4 Å². The van der Waals surface area contributed by atoms with Crippen molar-refractivity contribution in [2.24, 2.45) is 0 Å². The van der Waals surface area contributed by atoms with E-state index in [4.69, 9.17) is 0 Å². The lowest BCUT2D eigenvalue weighted by atomic mass is 10.1. The molecule has 3 aromatic rings. The van der Waals surface area contributed by atoms with E-state index in [0.29, 0.717) is 5.16 Å². The van der Waals surface area contributed by atoms with Crippen LogP contribution in [0.4, 0.5) is 18.9 Å². The van der Waals surface area contributed by atoms with Crippen LogP contribution in [-0.4, -0.2) is 26.4 Å². The van der Waals surface area contributed by atoms with E-state index < -0.39 is 17.6 Å². The summed E-state index contributed by atoms with van der Waals surface area (Å²) >= 11 is 1.22. The molecular formula is C22H23F3N4OS. The highest BCUT2D eigenvalue weighted by atomic mass is 32.2. The number of alkyl halides is 3. The van der Waals surface area contributed by atoms with Crippen LogP contribution in [0.5, 0.6) is 0 Å². The minimum Gasteiger partial charge on any atom is -0.325 e. The van der Waals surface area contributed by atoms with Gasteiger partial charge < -0.3 is 9.88 Å². The SMILES string of the molecule is CCCn1c(CCc2ccccc2)nnc1SCC(=O)Nc1cccc(C(F)(F)F)c1. The lowest BCUT2D eigenvalue weighted by Crippen LogP contribution is -2.15. The second-order valence-corrected chi connectivity index (χ2v) is 7.89. The van der Waals surface area contributed by atoms with Gasteiger partial charge in [0.25, 0.3) is 0 Å². The molecule has 3 rings (SSSR count). The van der Waals surface area contributed by atoms with Gasteiger partial charge in [-0.1, -0.05) is 55.1 Å². The number of halogens is 3. The molecule has 5 nitrogen and oxygen atoms in total. The summed E-state index contributed by atoms with van der Waals surface area (Å²) in [5.41, 5.74) is 0.519. The van der Waals surface area contributed by atoms with Crippen molar-refractivity contribution in [3.05, 3.63) is 71.5 Å². The Kier molecular flexibility index (Phi) is 7.73. The molecule has 1 aromatic heterocycles. The Labute approximate surface area is 183 Å². The average molecular weight is 449 g/mol. The largest absolute Gasteiger partial charge is 0.416 e. The molecule has 0 unspecified atom stereocenters. The molecule has 2 aromatic carbocycles. The van der Waals surface area contributed by atoms with Crippen LogP contribution in [0.3, 0.4) is 0 Å². The minimum absolute atomic E-state index is 0.0246. The van der Waals surface area contributed by atoms with Crippen LogP contribution in [0, 0.1) is 0 Å². The smallest absolute Gasteiger partial charge is 0.325 e. The topological polar surface area (TPSA) is 59.8 Å². The number of amides is 1. The van der Waals surface area contributed by atoms with Gasteiger partial charge in [-0.2, -0.15) is 13.2 Å². The Bertz CT molecular complexity index is 1010. The fourth-order valence-corrected chi connectivity index (χ4v) is 3.84. The second-order valence-electron chi connectivity index (χ2n) is 6.95. The molecule has 0 saturated heterocycles. The first-order valence-corrected chi connectivity index (χ1v) is 10.9. The normalized spacial score (nSPS) is 11.5. The third-order valence-electron chi connectivity index (χ3n) is 4.53. The molecule has 31 heavy (non-hydrogen) atoms. The molecule has 0 saturated carbocycles. The molecule has 0 aliphatic rings. The van der Waals surface area contributed by atoms with E-state index in [9.17, 15) is 18.0 Å². The van der Waals surface area contributed by atoms with Crippen LogP contribution in [0.15, 0.2) is 59.8 Å². The molecule has 0 aliphatic heterocycles. The maximum atomic E-state index is 12.8. The number of anilines is 1. The summed E-state index contributed by atoms with van der Waals surface area (Å²) in [4.78, 5) is 12.3. The van der Waals surface area contributed by atoms with Crippen molar-refractivity contribution < 1.29 is 18.0 Å². The van der Waals surface area contributed by atoms with E-state index in [1.807, 2.05) is 22.8 Å². The van der Waals surface area contributed by atoms with Crippen molar-refractivity contribution in [1.29, 1.82) is 0 Å². The van der Waals surface area contributed by atoms with Gasteiger partial charge in [-0.25, -0.2) is 0 Å². The Balaban J connectivity index is 1.60. The van der Waals surface area contributed by atoms with E-state index in [-0.39, 0.29) is 11.4 Å². The molecule has 0 aliphatic carbocycles. The highest BCUT2D eigenvalue weighted by Gasteiger charge is 2.30. The highest BCUT2D eigenvalue weighted by Crippen LogP contribution is 2.30. The molecule has 1 heterocycles. The van der Waals surface area contributed by atoms with Crippen LogP contribution >= 0.6 is 11.8 Å². The van der Waals surface area contributed by atoms with Gasteiger partial charge in [0.1, 0.15) is 5.82 Å². The third-order valence-corrected chi connectivity index (χ3v) is 5.49. The molecule has 0 atom stereocenters. The monoisotopic (exact) mass is 448 g/mol. The number of aromatic nitrogens is 3. The summed E-state index contributed by atoms with van der Waals surface area (Å²) in [7, 11) is 0. The van der Waals surface area contributed by atoms with Crippen LogP contribution in [0.25, 0.3) is 0 Å². The zero-order valence-corrected chi connectivity index (χ0v) is 17.8. The number of carbonyl (C=O) groups excluding carboxylic acids is 1. The predicted octanol–water partition coefficient (Wildman–Crippen LogP) is 5.22. The predicted molar refractivity (Wildman–Crippen MR) is 115 cm³/mol. The summed E-state index contributed by atoms with van der Waals surface area (Å²) in [5, 5.41) is 11.6. The molecule has 1 amide bonds. The fraction of sp³-hybridized carbons (Fsp3) is 0.318. The van der Waals surface area contributed by atoms with Gasteiger partial charge in [0.15, 0.2) is 5.16 Å². The Morgan fingerprint density at radius 3 is 2.55 bits per heavy atom. The zero-order chi connectivity index (χ0) is 22.3. The summed E-state index contributed by atoms with van der Waals surface area (Å²) < 4.78 is 40.5. The molecule has 0 fully saturated rings. The third kappa shape index (κ3) is 6.58. The first-order valence-electron chi connectivity index (χ1n) is 9.92. The number of thioether (sulfide) groups is 1. The number of hydrogen-bond donors (Lipinski definition) is 1. The lowest BCUT2D eigenvalue weighted by molar-refractivity contribution is -0.137. The van der Waals surface area contributed by atoms with Crippen LogP contribution in [0.2, 0.25) is 0 Å². The quantitative estimate of drug-likeness (QED) is 0.456. The summed E-state index contributed by atoms with van der Waals surface area (Å²) in [6.07, 6.45) is -2.00. The van der Waals surface area contributed by atoms with E-state index >= 15 is 0 Å². The number of aryl methyl sites for hydroxylation is 2. The zero-order valence-electron chi connectivity index (χ0n) is 17.0. The summed E-state index contributed by atoms with van der Waals surface area (Å²) in [6, 6.07) is 14.7. The number of rotatable bonds is 9. The number of hydrogen-bond acceptors (Lipinski definition) is 4. The Hall–Kier alpha value is -2.81. The van der Waals surface area contributed by atoms with Crippen molar-refractivity contribution in [1.82, 2.24) is 14.8 Å². The van der Waals surface area contributed by atoms with E-state index in [0.717, 1.165) is 43.8 Å². The van der Waals surface area contributed by atoms with Crippen LogP contribution in [-0.2, 0) is 30.4 Å². The van der Waals surface area contributed by atoms with Crippen LogP contribution < -0.4 is 5.32 Å². The Morgan fingerprint density at radius 1 is 1.06 bits per heavy atom. The summed E-state index contributed by atoms with van der Waals surface area (Å²) in [5.74, 6) is 0.476. The highest BCUT2D eigenvalue weighted by molar-refractivity contribution is 7.99. The molecule has 9 heteroatoms. The van der Waals surface area contributed by atoms with Crippen molar-refractivity contribution in [2.45, 2.75) is 44.1 Å². The first-order chi connectivity index (χ1) is 14.9. The molecule has 0 spiro atoms. The van der Waals surface area contributed by atoms with Gasteiger partial charge in [-0.3, -0.25) is 4.79 Å². The van der Waals surface area contributed by atoms with E-state index in [1.54, 1.807) is 0 Å². The van der Waals surface area contributed by atoms with Crippen molar-refractivity contribution in [3.63, 3.8) is 0 Å². The number of nitrogens with zero attached hydrogens (tertiary/aromatic N) is 3. The number of carbonyl (C=O) groups is 1. The summed E-state index contributed by atoms with van der Waals surface area (Å²) in [6.45, 7) is 2.78. The van der Waals surface area contributed by atoms with Gasteiger partial charge in [0, 0.05) is 18.7 Å². The van der Waals surface area contributed by atoms with Gasteiger partial charge >= 0.3 is 6.18 Å². The van der Waals surface area contributed by atoms with E-state index in [1.165, 1.54) is 29.5 Å². The molecular weight excluding hydrogens is 425 g/mol. The minimum atomic E-state index is -4.46. The number of benzene rings is 2. The molecule has 0 bridgehead atoms. The molecule has 164 valence electrons. The van der Waals surface area contributed by atoms with Gasteiger partial charge in [0.05, 0.1) is 11.3 Å². The van der Waals surface area contributed by atoms with Crippen LogP contribution in [0.1, 0.15) is 30.3 Å². The lowest BCUT2D eigenvalue weighted by Gasteiger charge is -2.10. The fourth-order valence-electron chi connectivity index (χ4n) is 3.06. The van der Waals surface area contributed by atoms with Gasteiger partial charge in [-0.05, 0) is 36.6 Å².